The summed E-state index contributed by atoms with van der Waals surface area (Å²) in [5, 5.41) is 3.41. The van der Waals surface area contributed by atoms with Crippen LogP contribution in [-0.4, -0.2) is 20.9 Å². The average Bonchev–Trinajstić information content (AvgIpc) is 2.52. The molecule has 134 valence electrons. The number of carbonyl (C=O) groups is 1. The summed E-state index contributed by atoms with van der Waals surface area (Å²) in [6, 6.07) is 11.9. The lowest BCUT2D eigenvalue weighted by Crippen LogP contribution is -2.33. The van der Waals surface area contributed by atoms with Crippen molar-refractivity contribution < 1.29 is 13.2 Å². The average molecular weight is 401 g/mol. The van der Waals surface area contributed by atoms with E-state index in [0.717, 1.165) is 12.0 Å². The number of carbonyl (C=O) groups excluding carboxylic acids is 1. The molecule has 0 unspecified atom stereocenters. The summed E-state index contributed by atoms with van der Waals surface area (Å²) in [6.45, 7) is 1.62. The van der Waals surface area contributed by atoms with Gasteiger partial charge in [-0.05, 0) is 41.8 Å². The van der Waals surface area contributed by atoms with Crippen LogP contribution in [0, 0.1) is 0 Å². The molecule has 0 aliphatic heterocycles. The molecular formula is C17H18Cl2N2O3S. The van der Waals surface area contributed by atoms with E-state index < -0.39 is 15.9 Å². The van der Waals surface area contributed by atoms with Crippen molar-refractivity contribution in [2.45, 2.75) is 19.1 Å². The first-order valence-corrected chi connectivity index (χ1v) is 10.00. The van der Waals surface area contributed by atoms with Gasteiger partial charge in [0.25, 0.3) is 0 Å². The summed E-state index contributed by atoms with van der Waals surface area (Å²) in [5.74, 6) is -0.750. The second kappa shape index (κ2) is 8.67. The molecule has 25 heavy (non-hydrogen) atoms. The van der Waals surface area contributed by atoms with Gasteiger partial charge in [0.2, 0.25) is 15.9 Å². The molecule has 0 aliphatic carbocycles. The lowest BCUT2D eigenvalue weighted by molar-refractivity contribution is -0.115. The third-order valence-electron chi connectivity index (χ3n) is 3.40. The molecular weight excluding hydrogens is 383 g/mol. The lowest BCUT2D eigenvalue weighted by atomic mass is 10.1. The van der Waals surface area contributed by atoms with Crippen LogP contribution in [0.4, 0.5) is 5.69 Å². The minimum atomic E-state index is -3.70. The van der Waals surface area contributed by atoms with Crippen LogP contribution in [-0.2, 0) is 27.0 Å². The van der Waals surface area contributed by atoms with Crippen LogP contribution >= 0.6 is 23.2 Å². The van der Waals surface area contributed by atoms with Gasteiger partial charge in [0.1, 0.15) is 0 Å². The molecule has 2 N–H and O–H groups in total. The Morgan fingerprint density at radius 1 is 1.08 bits per heavy atom. The zero-order valence-corrected chi connectivity index (χ0v) is 15.9. The minimum Gasteiger partial charge on any atom is -0.325 e. The minimum absolute atomic E-state index is 0.313. The Morgan fingerprint density at radius 2 is 1.72 bits per heavy atom. The van der Waals surface area contributed by atoms with Crippen LogP contribution in [0.25, 0.3) is 0 Å². The van der Waals surface area contributed by atoms with Crippen molar-refractivity contribution in [1.29, 1.82) is 0 Å². The number of rotatable bonds is 7. The summed E-state index contributed by atoms with van der Waals surface area (Å²) in [5.41, 5.74) is 2.10. The number of hydrogen-bond acceptors (Lipinski definition) is 3. The van der Waals surface area contributed by atoms with E-state index in [2.05, 4.69) is 10.0 Å². The van der Waals surface area contributed by atoms with Crippen LogP contribution in [0.5, 0.6) is 0 Å². The Kier molecular flexibility index (Phi) is 6.84. The van der Waals surface area contributed by atoms with E-state index in [4.69, 9.17) is 23.2 Å². The van der Waals surface area contributed by atoms with Gasteiger partial charge in [-0.15, -0.1) is 0 Å². The molecule has 0 aromatic heterocycles. The predicted molar refractivity (Wildman–Crippen MR) is 102 cm³/mol. The molecule has 8 heteroatoms. The van der Waals surface area contributed by atoms with Gasteiger partial charge in [-0.3, -0.25) is 4.79 Å². The van der Waals surface area contributed by atoms with Crippen molar-refractivity contribution in [2.24, 2.45) is 0 Å². The van der Waals surface area contributed by atoms with Gasteiger partial charge >= 0.3 is 0 Å². The fraction of sp³-hybridized carbons (Fsp3) is 0.235. The summed E-state index contributed by atoms with van der Waals surface area (Å²) in [4.78, 5) is 12.0. The zero-order chi connectivity index (χ0) is 18.4. The van der Waals surface area contributed by atoms with E-state index in [9.17, 15) is 13.2 Å². The first-order valence-electron chi connectivity index (χ1n) is 7.59. The van der Waals surface area contributed by atoms with Gasteiger partial charge in [0.05, 0.1) is 12.3 Å². The first-order chi connectivity index (χ1) is 11.8. The van der Waals surface area contributed by atoms with E-state index >= 15 is 0 Å². The fourth-order valence-corrected chi connectivity index (χ4v) is 3.91. The molecule has 0 saturated heterocycles. The van der Waals surface area contributed by atoms with E-state index in [1.54, 1.807) is 6.07 Å². The first kappa shape index (κ1) is 19.7. The number of para-hydroxylation sites is 1. The number of benzene rings is 2. The van der Waals surface area contributed by atoms with E-state index in [-0.39, 0.29) is 12.3 Å². The predicted octanol–water partition coefficient (Wildman–Crippen LogP) is 3.61. The Labute approximate surface area is 157 Å². The van der Waals surface area contributed by atoms with Crippen LogP contribution in [0.3, 0.4) is 0 Å². The molecule has 0 aliphatic rings. The second-order valence-electron chi connectivity index (χ2n) is 5.42. The van der Waals surface area contributed by atoms with Gasteiger partial charge in [-0.2, -0.15) is 0 Å². The Balaban J connectivity index is 1.96. The highest BCUT2D eigenvalue weighted by atomic mass is 35.5. The van der Waals surface area contributed by atoms with Crippen molar-refractivity contribution in [3.63, 3.8) is 0 Å². The molecule has 0 bridgehead atoms. The summed E-state index contributed by atoms with van der Waals surface area (Å²) >= 11 is 11.7. The number of aryl methyl sites for hydroxylation is 1. The Bertz CT molecular complexity index is 850. The van der Waals surface area contributed by atoms with Crippen LogP contribution in [0.2, 0.25) is 10.0 Å². The van der Waals surface area contributed by atoms with E-state index in [0.29, 0.717) is 21.3 Å². The topological polar surface area (TPSA) is 75.3 Å². The molecule has 0 radical (unpaired) electrons. The maximum Gasteiger partial charge on any atom is 0.239 e. The van der Waals surface area contributed by atoms with Crippen molar-refractivity contribution in [3.05, 3.63) is 63.6 Å². The quantitative estimate of drug-likeness (QED) is 0.744. The maximum atomic E-state index is 12.1. The molecule has 5 nitrogen and oxygen atoms in total. The maximum absolute atomic E-state index is 12.1. The largest absolute Gasteiger partial charge is 0.325 e. The Morgan fingerprint density at radius 3 is 2.36 bits per heavy atom. The Hall–Kier alpha value is -1.60. The zero-order valence-electron chi connectivity index (χ0n) is 13.6. The van der Waals surface area contributed by atoms with Crippen LogP contribution in [0.1, 0.15) is 18.1 Å². The molecule has 0 atom stereocenters. The molecule has 2 rings (SSSR count). The van der Waals surface area contributed by atoms with Gasteiger partial charge in [0.15, 0.2) is 0 Å². The molecule has 2 aromatic carbocycles. The molecule has 0 saturated carbocycles. The molecule has 1 amide bonds. The fourth-order valence-electron chi connectivity index (χ4n) is 2.29. The van der Waals surface area contributed by atoms with Gasteiger partial charge in [-0.1, -0.05) is 48.3 Å². The van der Waals surface area contributed by atoms with Crippen molar-refractivity contribution in [1.82, 2.24) is 4.72 Å². The van der Waals surface area contributed by atoms with E-state index in [1.807, 2.05) is 25.1 Å². The molecule has 2 aromatic rings. The smallest absolute Gasteiger partial charge is 0.239 e. The highest BCUT2D eigenvalue weighted by Crippen LogP contribution is 2.20. The second-order valence-corrected chi connectivity index (χ2v) is 8.10. The van der Waals surface area contributed by atoms with Gasteiger partial charge in [0, 0.05) is 15.7 Å². The van der Waals surface area contributed by atoms with Crippen molar-refractivity contribution in [2.75, 3.05) is 11.9 Å². The van der Waals surface area contributed by atoms with Gasteiger partial charge in [-0.25, -0.2) is 13.1 Å². The molecule has 0 fully saturated rings. The standard InChI is InChI=1S/C17H18Cl2N2O3S/c1-2-13-5-3-4-6-16(13)21-17(22)10-20-25(23,24)11-12-7-14(18)9-15(19)8-12/h3-9,20H,2,10-11H2,1H3,(H,21,22). The normalized spacial score (nSPS) is 11.3. The molecule has 0 spiro atoms. The third kappa shape index (κ3) is 6.32. The lowest BCUT2D eigenvalue weighted by Gasteiger charge is -2.11. The highest BCUT2D eigenvalue weighted by Gasteiger charge is 2.15. The number of anilines is 1. The number of hydrogen-bond donors (Lipinski definition) is 2. The third-order valence-corrected chi connectivity index (χ3v) is 5.14. The highest BCUT2D eigenvalue weighted by molar-refractivity contribution is 7.88. The number of sulfonamides is 1. The van der Waals surface area contributed by atoms with Crippen molar-refractivity contribution >= 4 is 44.8 Å². The van der Waals surface area contributed by atoms with E-state index in [1.165, 1.54) is 18.2 Å². The van der Waals surface area contributed by atoms with Crippen LogP contribution in [0.15, 0.2) is 42.5 Å². The number of amides is 1. The van der Waals surface area contributed by atoms with Crippen LogP contribution < -0.4 is 10.0 Å². The number of halogens is 2. The van der Waals surface area contributed by atoms with Gasteiger partial charge < -0.3 is 5.32 Å². The summed E-state index contributed by atoms with van der Waals surface area (Å²) in [6.07, 6.45) is 0.762. The SMILES string of the molecule is CCc1ccccc1NC(=O)CNS(=O)(=O)Cc1cc(Cl)cc(Cl)c1. The summed E-state index contributed by atoms with van der Waals surface area (Å²) in [7, 11) is -3.70. The molecule has 0 heterocycles. The summed E-state index contributed by atoms with van der Waals surface area (Å²) < 4.78 is 26.5. The monoisotopic (exact) mass is 400 g/mol. The number of nitrogens with one attached hydrogen (secondary N) is 2. The van der Waals surface area contributed by atoms with Crippen molar-refractivity contribution in [3.8, 4) is 0 Å².